The SMILES string of the molecule is N#CC(=Cc1c(OCC2CCCO2)nc2c(OC3CCCCCC3)cccn12)C(=O)O. The molecule has 2 fully saturated rings. The maximum absolute atomic E-state index is 11.4. The number of carboxylic acid groups (broad SMARTS) is 1. The van der Waals surface area contributed by atoms with Crippen molar-refractivity contribution < 1.29 is 24.1 Å². The Morgan fingerprint density at radius 1 is 1.29 bits per heavy atom. The van der Waals surface area contributed by atoms with Gasteiger partial charge in [-0.1, -0.05) is 12.8 Å². The minimum atomic E-state index is -1.30. The van der Waals surface area contributed by atoms with Crippen molar-refractivity contribution in [1.82, 2.24) is 9.38 Å². The summed E-state index contributed by atoms with van der Waals surface area (Å²) in [4.78, 5) is 16.0. The zero-order valence-corrected chi connectivity index (χ0v) is 17.5. The summed E-state index contributed by atoms with van der Waals surface area (Å²) in [6.07, 6.45) is 11.9. The van der Waals surface area contributed by atoms with Crippen LogP contribution in [-0.2, 0) is 9.53 Å². The molecule has 1 aliphatic heterocycles. The third kappa shape index (κ3) is 5.00. The fourth-order valence-corrected chi connectivity index (χ4v) is 4.14. The summed E-state index contributed by atoms with van der Waals surface area (Å²) in [5.74, 6) is -0.403. The normalized spacial score (nSPS) is 20.4. The van der Waals surface area contributed by atoms with Crippen LogP contribution in [0.15, 0.2) is 23.9 Å². The van der Waals surface area contributed by atoms with Crippen LogP contribution in [0.4, 0.5) is 0 Å². The molecule has 1 atom stereocenters. The lowest BCUT2D eigenvalue weighted by Gasteiger charge is -2.17. The Balaban J connectivity index is 1.69. The minimum Gasteiger partial charge on any atom is -0.487 e. The van der Waals surface area contributed by atoms with Crippen LogP contribution in [0.3, 0.4) is 0 Å². The summed E-state index contributed by atoms with van der Waals surface area (Å²) in [7, 11) is 0. The number of pyridine rings is 1. The second-order valence-electron chi connectivity index (χ2n) is 8.02. The first-order chi connectivity index (χ1) is 15.2. The number of carboxylic acids is 1. The van der Waals surface area contributed by atoms with Gasteiger partial charge in [0, 0.05) is 12.8 Å². The smallest absolute Gasteiger partial charge is 0.346 e. The number of hydrogen-bond acceptors (Lipinski definition) is 6. The summed E-state index contributed by atoms with van der Waals surface area (Å²) in [5.41, 5.74) is 0.556. The first-order valence-electron chi connectivity index (χ1n) is 10.9. The van der Waals surface area contributed by atoms with E-state index in [0.717, 1.165) is 38.5 Å². The molecular formula is C23H27N3O5. The van der Waals surface area contributed by atoms with Gasteiger partial charge in [0.2, 0.25) is 5.88 Å². The van der Waals surface area contributed by atoms with Crippen molar-refractivity contribution >= 4 is 17.7 Å². The van der Waals surface area contributed by atoms with E-state index in [0.29, 0.717) is 30.3 Å². The van der Waals surface area contributed by atoms with Gasteiger partial charge in [0.15, 0.2) is 11.4 Å². The van der Waals surface area contributed by atoms with E-state index in [4.69, 9.17) is 14.2 Å². The van der Waals surface area contributed by atoms with Gasteiger partial charge in [-0.05, 0) is 56.7 Å². The first-order valence-corrected chi connectivity index (χ1v) is 10.9. The average Bonchev–Trinajstić information content (AvgIpc) is 3.32. The van der Waals surface area contributed by atoms with Gasteiger partial charge in [-0.15, -0.1) is 0 Å². The fourth-order valence-electron chi connectivity index (χ4n) is 4.14. The number of rotatable bonds is 7. The number of fused-ring (bicyclic) bond motifs is 1. The first kappa shape index (κ1) is 21.2. The molecule has 31 heavy (non-hydrogen) atoms. The number of aliphatic carboxylic acids is 1. The maximum Gasteiger partial charge on any atom is 0.346 e. The third-order valence-electron chi connectivity index (χ3n) is 5.78. The molecule has 2 aromatic heterocycles. The lowest BCUT2D eigenvalue weighted by atomic mass is 10.1. The van der Waals surface area contributed by atoms with Crippen molar-refractivity contribution in [1.29, 1.82) is 5.26 Å². The van der Waals surface area contributed by atoms with Crippen molar-refractivity contribution in [2.45, 2.75) is 63.6 Å². The van der Waals surface area contributed by atoms with E-state index in [1.54, 1.807) is 16.7 Å². The molecule has 0 spiro atoms. The standard InChI is InChI=1S/C23H27N3O5/c24-14-16(23(27)28)13-19-22(30-15-18-9-6-12-29-18)25-21-20(10-5-11-26(19)21)31-17-7-3-1-2-4-8-17/h5,10-11,13,17-18H,1-4,6-9,12,15H2,(H,27,28). The monoisotopic (exact) mass is 425 g/mol. The lowest BCUT2D eigenvalue weighted by molar-refractivity contribution is -0.132. The van der Waals surface area contributed by atoms with Crippen LogP contribution >= 0.6 is 0 Å². The predicted octanol–water partition coefficient (Wildman–Crippen LogP) is 3.99. The molecule has 0 bridgehead atoms. The molecule has 1 aliphatic carbocycles. The average molecular weight is 425 g/mol. The van der Waals surface area contributed by atoms with E-state index in [-0.39, 0.29) is 23.7 Å². The summed E-state index contributed by atoms with van der Waals surface area (Å²) in [6.45, 7) is 1.03. The van der Waals surface area contributed by atoms with Crippen LogP contribution in [0.25, 0.3) is 11.7 Å². The largest absolute Gasteiger partial charge is 0.487 e. The summed E-state index contributed by atoms with van der Waals surface area (Å²) >= 11 is 0. The highest BCUT2D eigenvalue weighted by molar-refractivity contribution is 5.96. The summed E-state index contributed by atoms with van der Waals surface area (Å²) < 4.78 is 19.6. The lowest BCUT2D eigenvalue weighted by Crippen LogP contribution is -2.16. The molecular weight excluding hydrogens is 398 g/mol. The Labute approximate surface area is 181 Å². The topological polar surface area (TPSA) is 106 Å². The second-order valence-corrected chi connectivity index (χ2v) is 8.02. The fraction of sp³-hybridized carbons (Fsp3) is 0.522. The van der Waals surface area contributed by atoms with Crippen molar-refractivity contribution in [3.8, 4) is 17.7 Å². The summed E-state index contributed by atoms with van der Waals surface area (Å²) in [6, 6.07) is 5.42. The number of imidazole rings is 1. The highest BCUT2D eigenvalue weighted by atomic mass is 16.5. The molecule has 0 radical (unpaired) electrons. The van der Waals surface area contributed by atoms with Crippen LogP contribution in [0.5, 0.6) is 11.6 Å². The number of carbonyl (C=O) groups is 1. The molecule has 1 N–H and O–H groups in total. The van der Waals surface area contributed by atoms with Gasteiger partial charge in [-0.25, -0.2) is 4.79 Å². The quantitative estimate of drug-likeness (QED) is 0.406. The van der Waals surface area contributed by atoms with Gasteiger partial charge in [-0.3, -0.25) is 4.40 Å². The Kier molecular flexibility index (Phi) is 6.73. The van der Waals surface area contributed by atoms with Crippen molar-refractivity contribution in [2.75, 3.05) is 13.2 Å². The van der Waals surface area contributed by atoms with Crippen LogP contribution < -0.4 is 9.47 Å². The highest BCUT2D eigenvalue weighted by Gasteiger charge is 2.22. The maximum atomic E-state index is 11.4. The molecule has 2 aromatic rings. The molecule has 4 rings (SSSR count). The van der Waals surface area contributed by atoms with Gasteiger partial charge in [-0.2, -0.15) is 10.2 Å². The Morgan fingerprint density at radius 2 is 2.10 bits per heavy atom. The van der Waals surface area contributed by atoms with E-state index in [1.165, 1.54) is 18.9 Å². The molecule has 8 heteroatoms. The molecule has 1 saturated heterocycles. The number of aromatic nitrogens is 2. The van der Waals surface area contributed by atoms with Crippen molar-refractivity contribution in [3.63, 3.8) is 0 Å². The molecule has 2 aliphatic rings. The van der Waals surface area contributed by atoms with Gasteiger partial charge in [0.25, 0.3) is 0 Å². The Morgan fingerprint density at radius 3 is 2.77 bits per heavy atom. The minimum absolute atomic E-state index is 0.0155. The van der Waals surface area contributed by atoms with Crippen LogP contribution in [0.1, 0.15) is 57.1 Å². The van der Waals surface area contributed by atoms with Crippen molar-refractivity contribution in [2.24, 2.45) is 0 Å². The van der Waals surface area contributed by atoms with E-state index in [2.05, 4.69) is 4.98 Å². The van der Waals surface area contributed by atoms with Gasteiger partial charge in [0.05, 0.1) is 12.2 Å². The molecule has 0 aromatic carbocycles. The van der Waals surface area contributed by atoms with E-state index in [9.17, 15) is 15.2 Å². The molecule has 3 heterocycles. The highest BCUT2D eigenvalue weighted by Crippen LogP contribution is 2.31. The molecule has 164 valence electrons. The van der Waals surface area contributed by atoms with E-state index in [1.807, 2.05) is 12.1 Å². The molecule has 1 saturated carbocycles. The zero-order chi connectivity index (χ0) is 21.6. The van der Waals surface area contributed by atoms with Gasteiger partial charge in [0.1, 0.15) is 23.9 Å². The Hall–Kier alpha value is -3.05. The number of nitriles is 1. The van der Waals surface area contributed by atoms with Crippen LogP contribution in [-0.4, -0.2) is 45.9 Å². The number of nitrogens with zero attached hydrogens (tertiary/aromatic N) is 3. The van der Waals surface area contributed by atoms with Crippen molar-refractivity contribution in [3.05, 3.63) is 29.6 Å². The predicted molar refractivity (Wildman–Crippen MR) is 113 cm³/mol. The number of hydrogen-bond donors (Lipinski definition) is 1. The third-order valence-corrected chi connectivity index (χ3v) is 5.78. The summed E-state index contributed by atoms with van der Waals surface area (Å²) in [5, 5.41) is 18.6. The van der Waals surface area contributed by atoms with E-state index >= 15 is 0 Å². The molecule has 1 unspecified atom stereocenters. The number of ether oxygens (including phenoxy) is 3. The second kappa shape index (κ2) is 9.84. The van der Waals surface area contributed by atoms with Crippen LogP contribution in [0, 0.1) is 11.3 Å². The zero-order valence-electron chi connectivity index (χ0n) is 17.5. The molecule has 0 amide bonds. The van der Waals surface area contributed by atoms with E-state index < -0.39 is 5.97 Å². The Bertz CT molecular complexity index is 993. The molecule has 8 nitrogen and oxygen atoms in total. The van der Waals surface area contributed by atoms with Crippen LogP contribution in [0.2, 0.25) is 0 Å². The van der Waals surface area contributed by atoms with Gasteiger partial charge < -0.3 is 19.3 Å². The van der Waals surface area contributed by atoms with Gasteiger partial charge >= 0.3 is 5.97 Å².